The molecule has 46 heavy (non-hydrogen) atoms. The molecular formula is C34H31ClI2N2O6S. The first kappa shape index (κ1) is 34.5. The first-order chi connectivity index (χ1) is 22.0. The maximum Gasteiger partial charge on any atom is 0.338 e. The predicted molar refractivity (Wildman–Crippen MR) is 197 cm³/mol. The maximum atomic E-state index is 14.3. The van der Waals surface area contributed by atoms with Gasteiger partial charge in [0, 0.05) is 14.2 Å². The molecule has 0 spiro atoms. The van der Waals surface area contributed by atoms with Crippen LogP contribution in [0.4, 0.5) is 0 Å². The highest BCUT2D eigenvalue weighted by Gasteiger charge is 2.34. The van der Waals surface area contributed by atoms with Gasteiger partial charge in [0.25, 0.3) is 5.56 Å². The van der Waals surface area contributed by atoms with E-state index in [0.717, 1.165) is 18.3 Å². The van der Waals surface area contributed by atoms with Gasteiger partial charge in [-0.1, -0.05) is 41.1 Å². The number of ether oxygens (including phenoxy) is 4. The highest BCUT2D eigenvalue weighted by molar-refractivity contribution is 14.1. The summed E-state index contributed by atoms with van der Waals surface area (Å²) < 4.78 is 27.2. The topological polar surface area (TPSA) is 88.4 Å². The van der Waals surface area contributed by atoms with E-state index in [4.69, 9.17) is 35.5 Å². The van der Waals surface area contributed by atoms with Crippen LogP contribution in [0.3, 0.4) is 0 Å². The summed E-state index contributed by atoms with van der Waals surface area (Å²) in [5.74, 6) is 1.16. The molecule has 0 amide bonds. The lowest BCUT2D eigenvalue weighted by Crippen LogP contribution is -2.40. The van der Waals surface area contributed by atoms with Crippen LogP contribution in [0.5, 0.6) is 17.2 Å². The van der Waals surface area contributed by atoms with Gasteiger partial charge in [0.05, 0.1) is 45.2 Å². The minimum atomic E-state index is -0.797. The number of carbonyl (C=O) groups excluding carboxylic acids is 1. The molecule has 0 saturated carbocycles. The molecule has 8 nitrogen and oxygen atoms in total. The van der Waals surface area contributed by atoms with Gasteiger partial charge in [-0.05, 0) is 126 Å². The first-order valence-electron chi connectivity index (χ1n) is 14.4. The van der Waals surface area contributed by atoms with Gasteiger partial charge in [-0.25, -0.2) is 9.79 Å². The molecule has 1 atom stereocenters. The Balaban J connectivity index is 1.66. The van der Waals surface area contributed by atoms with Gasteiger partial charge in [-0.2, -0.15) is 0 Å². The van der Waals surface area contributed by atoms with Crippen LogP contribution < -0.4 is 29.1 Å². The largest absolute Gasteiger partial charge is 0.493 e. The van der Waals surface area contributed by atoms with Crippen molar-refractivity contribution in [3.05, 3.63) is 114 Å². The number of aromatic nitrogens is 1. The number of halogens is 3. The Hall–Kier alpha value is -2.88. The molecule has 3 aromatic carbocycles. The molecule has 0 saturated heterocycles. The third-order valence-corrected chi connectivity index (χ3v) is 9.62. The molecule has 240 valence electrons. The SMILES string of the molecule is CCOC(=O)C1=C(C)N=c2s/c(=C/c3cc(I)cc(I)c3OCc3cccc(Cl)c3)c(=O)n2[C@@H]1c1ccc(OC(C)C)c(OC)c1. The number of fused-ring (bicyclic) bond motifs is 1. The molecule has 0 radical (unpaired) electrons. The number of methoxy groups -OCH3 is 1. The molecule has 12 heteroatoms. The van der Waals surface area contributed by atoms with E-state index in [1.165, 1.54) is 11.3 Å². The van der Waals surface area contributed by atoms with Crippen molar-refractivity contribution < 1.29 is 23.7 Å². The van der Waals surface area contributed by atoms with Crippen LogP contribution in [-0.4, -0.2) is 30.4 Å². The summed E-state index contributed by atoms with van der Waals surface area (Å²) in [5.41, 5.74) is 2.81. The van der Waals surface area contributed by atoms with Crippen LogP contribution in [-0.2, 0) is 16.1 Å². The van der Waals surface area contributed by atoms with E-state index in [-0.39, 0.29) is 23.8 Å². The molecular weight excluding hydrogens is 854 g/mol. The van der Waals surface area contributed by atoms with Crippen molar-refractivity contribution in [3.63, 3.8) is 0 Å². The van der Waals surface area contributed by atoms with Gasteiger partial charge in [0.2, 0.25) is 0 Å². The van der Waals surface area contributed by atoms with Gasteiger partial charge in [-0.15, -0.1) is 0 Å². The number of allylic oxidation sites excluding steroid dienone is 1. The Labute approximate surface area is 303 Å². The summed E-state index contributed by atoms with van der Waals surface area (Å²) in [7, 11) is 1.56. The van der Waals surface area contributed by atoms with Gasteiger partial charge in [0.15, 0.2) is 16.3 Å². The number of thiazole rings is 1. The van der Waals surface area contributed by atoms with Crippen molar-refractivity contribution in [2.24, 2.45) is 4.99 Å². The van der Waals surface area contributed by atoms with Crippen LogP contribution in [0.15, 0.2) is 75.7 Å². The van der Waals surface area contributed by atoms with E-state index in [1.54, 1.807) is 37.7 Å². The Bertz CT molecular complexity index is 2020. The Morgan fingerprint density at radius 1 is 1.13 bits per heavy atom. The minimum absolute atomic E-state index is 0.0712. The average molecular weight is 885 g/mol. The lowest BCUT2D eigenvalue weighted by atomic mass is 9.95. The van der Waals surface area contributed by atoms with Gasteiger partial charge in [0.1, 0.15) is 12.4 Å². The van der Waals surface area contributed by atoms with Crippen molar-refractivity contribution in [1.29, 1.82) is 0 Å². The highest BCUT2D eigenvalue weighted by Crippen LogP contribution is 2.37. The van der Waals surface area contributed by atoms with Gasteiger partial charge >= 0.3 is 5.97 Å². The molecule has 0 fully saturated rings. The summed E-state index contributed by atoms with van der Waals surface area (Å²) in [4.78, 5) is 32.8. The fourth-order valence-corrected chi connectivity index (χ4v) is 8.37. The van der Waals surface area contributed by atoms with E-state index in [9.17, 15) is 9.59 Å². The second-order valence-corrected chi connectivity index (χ2v) is 14.5. The number of rotatable bonds is 10. The van der Waals surface area contributed by atoms with Crippen LogP contribution in [0.25, 0.3) is 6.08 Å². The van der Waals surface area contributed by atoms with Crippen LogP contribution in [0, 0.1) is 7.14 Å². The summed E-state index contributed by atoms with van der Waals surface area (Å²) in [6.07, 6.45) is 1.75. The Morgan fingerprint density at radius 3 is 2.61 bits per heavy atom. The molecule has 0 bridgehead atoms. The second kappa shape index (κ2) is 14.9. The van der Waals surface area contributed by atoms with Crippen molar-refractivity contribution in [2.75, 3.05) is 13.7 Å². The number of benzene rings is 3. The van der Waals surface area contributed by atoms with Crippen LogP contribution in [0.1, 0.15) is 50.4 Å². The van der Waals surface area contributed by atoms with Crippen LogP contribution >= 0.6 is 68.1 Å². The zero-order chi connectivity index (χ0) is 33.1. The van der Waals surface area contributed by atoms with Gasteiger partial charge < -0.3 is 18.9 Å². The lowest BCUT2D eigenvalue weighted by Gasteiger charge is -2.25. The Morgan fingerprint density at radius 2 is 1.91 bits per heavy atom. The fourth-order valence-electron chi connectivity index (χ4n) is 5.08. The molecule has 1 aliphatic rings. The molecule has 4 aromatic rings. The fraction of sp³-hybridized carbons (Fsp3) is 0.265. The monoisotopic (exact) mass is 884 g/mol. The van der Waals surface area contributed by atoms with Gasteiger partial charge in [-0.3, -0.25) is 9.36 Å². The van der Waals surface area contributed by atoms with Crippen molar-refractivity contribution in [2.45, 2.75) is 46.4 Å². The molecule has 0 aliphatic carbocycles. The third kappa shape index (κ3) is 7.47. The van der Waals surface area contributed by atoms with E-state index in [1.807, 2.05) is 62.4 Å². The molecule has 0 unspecified atom stereocenters. The van der Waals surface area contributed by atoms with Crippen molar-refractivity contribution in [1.82, 2.24) is 4.57 Å². The first-order valence-corrected chi connectivity index (χ1v) is 17.8. The van der Waals surface area contributed by atoms with E-state index in [0.29, 0.717) is 49.5 Å². The predicted octanol–water partition coefficient (Wildman–Crippen LogP) is 7.04. The quantitative estimate of drug-likeness (QED) is 0.126. The summed E-state index contributed by atoms with van der Waals surface area (Å²) in [6.45, 7) is 7.85. The number of hydrogen-bond acceptors (Lipinski definition) is 8. The van der Waals surface area contributed by atoms with E-state index >= 15 is 0 Å². The summed E-state index contributed by atoms with van der Waals surface area (Å²) in [5, 5.41) is 0.631. The minimum Gasteiger partial charge on any atom is -0.493 e. The lowest BCUT2D eigenvalue weighted by molar-refractivity contribution is -0.139. The highest BCUT2D eigenvalue weighted by atomic mass is 127. The number of hydrogen-bond donors (Lipinski definition) is 0. The normalized spacial score (nSPS) is 14.6. The number of esters is 1. The molecule has 1 aliphatic heterocycles. The molecule has 5 rings (SSSR count). The summed E-state index contributed by atoms with van der Waals surface area (Å²) >= 11 is 11.9. The zero-order valence-electron chi connectivity index (χ0n) is 25.7. The maximum absolute atomic E-state index is 14.3. The average Bonchev–Trinajstić information content (AvgIpc) is 3.29. The molecule has 0 N–H and O–H groups in total. The van der Waals surface area contributed by atoms with Crippen molar-refractivity contribution >= 4 is 80.2 Å². The molecule has 1 aromatic heterocycles. The van der Waals surface area contributed by atoms with Crippen molar-refractivity contribution in [3.8, 4) is 17.2 Å². The zero-order valence-corrected chi connectivity index (χ0v) is 31.6. The Kier molecular flexibility index (Phi) is 11.2. The van der Waals surface area contributed by atoms with Crippen LogP contribution in [0.2, 0.25) is 5.02 Å². The van der Waals surface area contributed by atoms with E-state index < -0.39 is 12.0 Å². The number of carbonyl (C=O) groups is 1. The third-order valence-electron chi connectivity index (χ3n) is 6.98. The summed E-state index contributed by atoms with van der Waals surface area (Å²) in [6, 6.07) is 16.1. The smallest absolute Gasteiger partial charge is 0.338 e. The standard InChI is InChI=1S/C34H31ClI2N2O6S/c1-6-43-33(41)29-19(4)38-34-39(30(29)21-10-11-26(45-18(2)3)27(14-21)42-5)32(40)28(46-34)15-22-13-24(36)16-25(37)31(22)44-17-20-8-7-9-23(35)12-20/h7-16,18,30H,6,17H2,1-5H3/b28-15+/t30-/m1/s1. The number of nitrogens with zero attached hydrogens (tertiary/aromatic N) is 2. The second-order valence-electron chi connectivity index (χ2n) is 10.6. The molecule has 2 heterocycles. The van der Waals surface area contributed by atoms with E-state index in [2.05, 4.69) is 45.2 Å².